The van der Waals surface area contributed by atoms with Gasteiger partial charge >= 0.3 is 0 Å². The van der Waals surface area contributed by atoms with Gasteiger partial charge in [-0.15, -0.1) is 0 Å². The Morgan fingerprint density at radius 1 is 0.732 bits per heavy atom. The number of hydrogen-bond donors (Lipinski definition) is 0. The van der Waals surface area contributed by atoms with Crippen LogP contribution in [0.15, 0.2) is 115 Å². The van der Waals surface area contributed by atoms with Gasteiger partial charge in [-0.2, -0.15) is 0 Å². The van der Waals surface area contributed by atoms with Crippen molar-refractivity contribution < 1.29 is 13.7 Å². The molecule has 1 heterocycles. The molecule has 0 aromatic heterocycles. The van der Waals surface area contributed by atoms with E-state index in [1.807, 2.05) is 32.1 Å². The van der Waals surface area contributed by atoms with Crippen molar-refractivity contribution in [1.82, 2.24) is 4.31 Å². The first-order valence-electron chi connectivity index (χ1n) is 13.8. The number of benzene rings is 5. The first-order valence-corrected chi connectivity index (χ1v) is 16.2. The van der Waals surface area contributed by atoms with Gasteiger partial charge in [0, 0.05) is 7.05 Å². The van der Waals surface area contributed by atoms with E-state index in [-0.39, 0.29) is 12.8 Å². The number of fused-ring (bicyclic) bond motifs is 2. The molecule has 0 saturated carbocycles. The maximum atomic E-state index is 14.1. The largest absolute Gasteiger partial charge is 0.454 e. The quantitative estimate of drug-likeness (QED) is 0.199. The maximum absolute atomic E-state index is 14.1. The zero-order valence-electron chi connectivity index (χ0n) is 23.8. The lowest BCUT2D eigenvalue weighted by atomic mass is 9.93. The van der Waals surface area contributed by atoms with Crippen LogP contribution in [0.3, 0.4) is 0 Å². The Morgan fingerprint density at radius 3 is 1.93 bits per heavy atom. The first-order chi connectivity index (χ1) is 19.8. The van der Waals surface area contributed by atoms with Crippen LogP contribution in [0.2, 0.25) is 0 Å². The van der Waals surface area contributed by atoms with Gasteiger partial charge in [-0.3, -0.25) is 0 Å². The minimum absolute atomic E-state index is 0.190. The zero-order valence-corrected chi connectivity index (χ0v) is 25.5. The minimum atomic E-state index is -1.30. The Kier molecular flexibility index (Phi) is 7.70. The molecule has 0 spiro atoms. The molecule has 41 heavy (non-hydrogen) atoms. The predicted molar refractivity (Wildman–Crippen MR) is 173 cm³/mol. The Hall–Kier alpha value is -3.50. The average molecular weight is 580 g/mol. The standard InChI is InChI=1S/C35H34NO3PS/c1-35(2,3)41(37)36(4)34(29-21-13-15-25-14-11-12-20-28(25)29)30-22-31-32(39-24-38-31)23-33(30)40(26-16-7-5-8-17-26)27-18-9-6-10-19-27/h5-23,34H,24H2,1-4H3/t34-,41?/m0/s1. The summed E-state index contributed by atoms with van der Waals surface area (Å²) in [5.74, 6) is 1.47. The fraction of sp³-hybridized carbons (Fsp3) is 0.200. The van der Waals surface area contributed by atoms with Crippen molar-refractivity contribution in [2.24, 2.45) is 0 Å². The van der Waals surface area contributed by atoms with E-state index in [1.54, 1.807) is 0 Å². The molecule has 0 N–H and O–H groups in total. The molecule has 6 rings (SSSR count). The molecule has 0 bridgehead atoms. The summed E-state index contributed by atoms with van der Waals surface area (Å²) in [5, 5.41) is 5.94. The van der Waals surface area contributed by atoms with Crippen molar-refractivity contribution in [3.05, 3.63) is 126 Å². The second kappa shape index (κ2) is 11.4. The van der Waals surface area contributed by atoms with Gasteiger partial charge in [0.15, 0.2) is 11.5 Å². The predicted octanol–water partition coefficient (Wildman–Crippen LogP) is 6.81. The van der Waals surface area contributed by atoms with E-state index < -0.39 is 23.7 Å². The number of ether oxygens (including phenoxy) is 2. The van der Waals surface area contributed by atoms with E-state index in [4.69, 9.17) is 9.47 Å². The summed E-state index contributed by atoms with van der Waals surface area (Å²) in [4.78, 5) is 0. The van der Waals surface area contributed by atoms with Crippen molar-refractivity contribution in [3.63, 3.8) is 0 Å². The van der Waals surface area contributed by atoms with E-state index in [2.05, 4.69) is 115 Å². The highest BCUT2D eigenvalue weighted by Crippen LogP contribution is 2.45. The summed E-state index contributed by atoms with van der Waals surface area (Å²) < 4.78 is 27.6. The lowest BCUT2D eigenvalue weighted by molar-refractivity contribution is 0.174. The Morgan fingerprint density at radius 2 is 1.29 bits per heavy atom. The minimum Gasteiger partial charge on any atom is -0.454 e. The number of nitrogens with zero attached hydrogens (tertiary/aromatic N) is 1. The molecule has 1 aliphatic rings. The van der Waals surface area contributed by atoms with Gasteiger partial charge in [-0.25, -0.2) is 8.51 Å². The summed E-state index contributed by atoms with van der Waals surface area (Å²) in [6.07, 6.45) is 0. The lowest BCUT2D eigenvalue weighted by Crippen LogP contribution is -2.39. The topological polar surface area (TPSA) is 38.8 Å². The van der Waals surface area contributed by atoms with Crippen molar-refractivity contribution >= 4 is 45.6 Å². The fourth-order valence-corrected chi connectivity index (χ4v) is 9.29. The van der Waals surface area contributed by atoms with E-state index in [0.717, 1.165) is 38.7 Å². The molecule has 6 heteroatoms. The van der Waals surface area contributed by atoms with Crippen LogP contribution in [0, 0.1) is 0 Å². The molecule has 0 amide bonds. The average Bonchev–Trinajstić information content (AvgIpc) is 3.45. The highest BCUT2D eigenvalue weighted by molar-refractivity contribution is 7.84. The molecule has 0 fully saturated rings. The van der Waals surface area contributed by atoms with Crippen molar-refractivity contribution in [2.45, 2.75) is 31.6 Å². The summed E-state index contributed by atoms with van der Waals surface area (Å²) in [6, 6.07) is 40.2. The van der Waals surface area contributed by atoms with Gasteiger partial charge in [-0.05, 0) is 78.6 Å². The Bertz CT molecular complexity index is 1660. The third-order valence-electron chi connectivity index (χ3n) is 7.35. The van der Waals surface area contributed by atoms with Crippen molar-refractivity contribution in [1.29, 1.82) is 0 Å². The Labute approximate surface area is 246 Å². The van der Waals surface area contributed by atoms with E-state index >= 15 is 0 Å². The molecule has 0 radical (unpaired) electrons. The van der Waals surface area contributed by atoms with Crippen LogP contribution in [0.1, 0.15) is 37.9 Å². The zero-order chi connectivity index (χ0) is 28.6. The van der Waals surface area contributed by atoms with Crippen LogP contribution in [0.25, 0.3) is 10.8 Å². The summed E-state index contributed by atoms with van der Waals surface area (Å²) in [5.41, 5.74) is 2.18. The molecule has 0 aliphatic carbocycles. The van der Waals surface area contributed by atoms with Crippen molar-refractivity contribution in [2.75, 3.05) is 13.8 Å². The van der Waals surface area contributed by atoms with Crippen LogP contribution < -0.4 is 25.4 Å². The van der Waals surface area contributed by atoms with Crippen LogP contribution >= 0.6 is 7.92 Å². The highest BCUT2D eigenvalue weighted by Gasteiger charge is 2.36. The summed E-state index contributed by atoms with van der Waals surface area (Å²) >= 11 is 0. The maximum Gasteiger partial charge on any atom is 0.231 e. The second-order valence-corrected chi connectivity index (χ2v) is 15.6. The van der Waals surface area contributed by atoms with Gasteiger partial charge in [-0.1, -0.05) is 103 Å². The van der Waals surface area contributed by atoms with Crippen LogP contribution in [-0.4, -0.2) is 27.1 Å². The fourth-order valence-electron chi connectivity index (χ4n) is 5.52. The van der Waals surface area contributed by atoms with E-state index in [9.17, 15) is 4.21 Å². The molecule has 2 atom stereocenters. The van der Waals surface area contributed by atoms with Crippen LogP contribution in [-0.2, 0) is 11.0 Å². The first kappa shape index (κ1) is 27.7. The smallest absolute Gasteiger partial charge is 0.231 e. The second-order valence-electron chi connectivity index (χ2n) is 11.1. The molecule has 0 saturated heterocycles. The lowest BCUT2D eigenvalue weighted by Gasteiger charge is -2.35. The Balaban J connectivity index is 1.67. The van der Waals surface area contributed by atoms with Gasteiger partial charge in [0.05, 0.1) is 10.8 Å². The normalized spacial score (nSPS) is 14.5. The number of rotatable bonds is 7. The molecule has 4 nitrogen and oxygen atoms in total. The monoisotopic (exact) mass is 579 g/mol. The molecule has 5 aromatic carbocycles. The molecular weight excluding hydrogens is 545 g/mol. The molecule has 1 unspecified atom stereocenters. The van der Waals surface area contributed by atoms with Gasteiger partial charge in [0.1, 0.15) is 11.0 Å². The van der Waals surface area contributed by atoms with Crippen LogP contribution in [0.5, 0.6) is 11.5 Å². The van der Waals surface area contributed by atoms with E-state index in [0.29, 0.717) is 0 Å². The molecule has 5 aromatic rings. The summed E-state index contributed by atoms with van der Waals surface area (Å²) in [6.45, 7) is 6.28. The SMILES string of the molecule is CN([C@H](c1cc2c(cc1P(c1ccccc1)c1ccccc1)OCO2)c1cccc2ccccc12)S(=O)C(C)(C)C. The third-order valence-corrected chi connectivity index (χ3v) is 11.6. The highest BCUT2D eigenvalue weighted by atomic mass is 32.2. The summed E-state index contributed by atoms with van der Waals surface area (Å²) in [7, 11) is -0.287. The molecule has 208 valence electrons. The van der Waals surface area contributed by atoms with Crippen LogP contribution in [0.4, 0.5) is 0 Å². The van der Waals surface area contributed by atoms with Gasteiger partial charge < -0.3 is 9.47 Å². The van der Waals surface area contributed by atoms with E-state index in [1.165, 1.54) is 10.6 Å². The molecular formula is C35H34NO3PS. The third kappa shape index (κ3) is 5.42. The van der Waals surface area contributed by atoms with Gasteiger partial charge in [0.25, 0.3) is 0 Å². The van der Waals surface area contributed by atoms with Gasteiger partial charge in [0.2, 0.25) is 6.79 Å². The van der Waals surface area contributed by atoms with Crippen molar-refractivity contribution in [3.8, 4) is 11.5 Å². The number of hydrogen-bond acceptors (Lipinski definition) is 3. The molecule has 1 aliphatic heterocycles.